The fraction of sp³-hybridized carbons (Fsp3) is 0.600. The Morgan fingerprint density at radius 3 is 2.58 bits per heavy atom. The van der Waals surface area contributed by atoms with E-state index in [9.17, 15) is 9.59 Å². The van der Waals surface area contributed by atoms with E-state index in [-0.39, 0.29) is 18.4 Å². The van der Waals surface area contributed by atoms with Crippen molar-refractivity contribution in [2.45, 2.75) is 38.6 Å². The van der Waals surface area contributed by atoms with Crippen molar-refractivity contribution in [3.8, 4) is 5.75 Å². The van der Waals surface area contributed by atoms with Crippen LogP contribution < -0.4 is 9.64 Å². The first-order valence-electron chi connectivity index (χ1n) is 9.55. The molecule has 1 atom stereocenters. The summed E-state index contributed by atoms with van der Waals surface area (Å²) in [4.78, 5) is 31.0. The molecule has 6 heteroatoms. The van der Waals surface area contributed by atoms with Gasteiger partial charge in [0.05, 0.1) is 12.8 Å². The van der Waals surface area contributed by atoms with Gasteiger partial charge in [0.2, 0.25) is 11.8 Å². The highest BCUT2D eigenvalue weighted by Crippen LogP contribution is 2.29. The van der Waals surface area contributed by atoms with E-state index >= 15 is 0 Å². The van der Waals surface area contributed by atoms with E-state index < -0.39 is 0 Å². The van der Waals surface area contributed by atoms with Crippen LogP contribution in [-0.2, 0) is 9.59 Å². The van der Waals surface area contributed by atoms with Gasteiger partial charge in [-0.25, -0.2) is 0 Å². The Bertz CT molecular complexity index is 643. The van der Waals surface area contributed by atoms with Gasteiger partial charge in [-0.05, 0) is 51.4 Å². The minimum Gasteiger partial charge on any atom is -0.495 e. The molecule has 0 unspecified atom stereocenters. The molecule has 0 spiro atoms. The summed E-state index contributed by atoms with van der Waals surface area (Å²) < 4.78 is 5.36. The Morgan fingerprint density at radius 1 is 1.15 bits per heavy atom. The number of methoxy groups -OCH3 is 1. The van der Waals surface area contributed by atoms with Crippen LogP contribution in [0.2, 0.25) is 0 Å². The van der Waals surface area contributed by atoms with Crippen molar-refractivity contribution in [3.63, 3.8) is 0 Å². The number of benzene rings is 1. The average molecular weight is 359 g/mol. The summed E-state index contributed by atoms with van der Waals surface area (Å²) in [6.45, 7) is 5.71. The molecule has 0 bridgehead atoms. The van der Waals surface area contributed by atoms with Crippen LogP contribution in [0.25, 0.3) is 0 Å². The molecule has 0 saturated carbocycles. The minimum atomic E-state index is -0.0540. The van der Waals surface area contributed by atoms with Crippen molar-refractivity contribution >= 4 is 17.5 Å². The smallest absolute Gasteiger partial charge is 0.246 e. The van der Waals surface area contributed by atoms with E-state index in [1.54, 1.807) is 16.9 Å². The van der Waals surface area contributed by atoms with Crippen LogP contribution in [-0.4, -0.2) is 67.5 Å². The quantitative estimate of drug-likeness (QED) is 0.781. The SMILES string of the molecule is COc1ccccc1N1CCN(C(=O)CC[C@@H](C)N2CCCC2)CC1=O. The highest BCUT2D eigenvalue weighted by atomic mass is 16.5. The molecule has 2 amide bonds. The van der Waals surface area contributed by atoms with Gasteiger partial charge in [-0.3, -0.25) is 9.59 Å². The normalized spacial score (nSPS) is 19.7. The van der Waals surface area contributed by atoms with E-state index in [4.69, 9.17) is 4.74 Å². The maximum absolute atomic E-state index is 12.6. The van der Waals surface area contributed by atoms with Crippen molar-refractivity contribution in [1.82, 2.24) is 9.80 Å². The summed E-state index contributed by atoms with van der Waals surface area (Å²) in [6, 6.07) is 7.94. The summed E-state index contributed by atoms with van der Waals surface area (Å²) in [5.74, 6) is 0.714. The van der Waals surface area contributed by atoms with Crippen molar-refractivity contribution < 1.29 is 14.3 Å². The second-order valence-electron chi connectivity index (χ2n) is 7.16. The number of hydrogen-bond acceptors (Lipinski definition) is 4. The third-order valence-electron chi connectivity index (χ3n) is 5.49. The van der Waals surface area contributed by atoms with Crippen LogP contribution in [0.1, 0.15) is 32.6 Å². The molecule has 1 aromatic rings. The molecule has 2 saturated heterocycles. The molecule has 3 rings (SSSR count). The Labute approximate surface area is 155 Å². The molecule has 2 heterocycles. The van der Waals surface area contributed by atoms with Crippen LogP contribution in [0.4, 0.5) is 5.69 Å². The molecule has 2 aliphatic heterocycles. The first kappa shape index (κ1) is 18.7. The first-order chi connectivity index (χ1) is 12.6. The molecule has 2 aliphatic rings. The lowest BCUT2D eigenvalue weighted by Gasteiger charge is -2.35. The van der Waals surface area contributed by atoms with Crippen molar-refractivity contribution in [2.24, 2.45) is 0 Å². The molecule has 2 fully saturated rings. The predicted octanol–water partition coefficient (Wildman–Crippen LogP) is 2.13. The van der Waals surface area contributed by atoms with E-state index in [1.807, 2.05) is 24.3 Å². The molecule has 142 valence electrons. The zero-order valence-electron chi connectivity index (χ0n) is 15.8. The molecule has 26 heavy (non-hydrogen) atoms. The van der Waals surface area contributed by atoms with Crippen molar-refractivity contribution in [2.75, 3.05) is 44.7 Å². The number of carbonyl (C=O) groups is 2. The largest absolute Gasteiger partial charge is 0.495 e. The summed E-state index contributed by atoms with van der Waals surface area (Å²) in [6.07, 6.45) is 3.90. The van der Waals surface area contributed by atoms with E-state index in [2.05, 4.69) is 11.8 Å². The monoisotopic (exact) mass is 359 g/mol. The fourth-order valence-corrected chi connectivity index (χ4v) is 3.85. The highest BCUT2D eigenvalue weighted by molar-refractivity contribution is 5.99. The van der Waals surface area contributed by atoms with Gasteiger partial charge in [-0.2, -0.15) is 0 Å². The number of nitrogens with zero attached hydrogens (tertiary/aromatic N) is 3. The molecule has 0 aliphatic carbocycles. The number of piperazine rings is 1. The number of para-hydroxylation sites is 2. The number of carbonyl (C=O) groups excluding carboxylic acids is 2. The van der Waals surface area contributed by atoms with Crippen LogP contribution in [0, 0.1) is 0 Å². The van der Waals surface area contributed by atoms with Crippen LogP contribution in [0.15, 0.2) is 24.3 Å². The second kappa shape index (κ2) is 8.54. The van der Waals surface area contributed by atoms with Gasteiger partial charge in [0.25, 0.3) is 0 Å². The lowest BCUT2D eigenvalue weighted by atomic mass is 10.1. The van der Waals surface area contributed by atoms with E-state index in [0.29, 0.717) is 31.3 Å². The van der Waals surface area contributed by atoms with Gasteiger partial charge < -0.3 is 19.4 Å². The second-order valence-corrected chi connectivity index (χ2v) is 7.16. The Kier molecular flexibility index (Phi) is 6.14. The Hall–Kier alpha value is -2.08. The molecular weight excluding hydrogens is 330 g/mol. The number of anilines is 1. The van der Waals surface area contributed by atoms with Crippen LogP contribution in [0.3, 0.4) is 0 Å². The predicted molar refractivity (Wildman–Crippen MR) is 101 cm³/mol. The van der Waals surface area contributed by atoms with E-state index in [1.165, 1.54) is 12.8 Å². The van der Waals surface area contributed by atoms with Crippen molar-refractivity contribution in [1.29, 1.82) is 0 Å². The van der Waals surface area contributed by atoms with E-state index in [0.717, 1.165) is 25.2 Å². The van der Waals surface area contributed by atoms with Gasteiger partial charge in [-0.1, -0.05) is 12.1 Å². The van der Waals surface area contributed by atoms with Crippen LogP contribution >= 0.6 is 0 Å². The number of likely N-dealkylation sites (tertiary alicyclic amines) is 1. The number of ether oxygens (including phenoxy) is 1. The third-order valence-corrected chi connectivity index (χ3v) is 5.49. The third kappa shape index (κ3) is 4.18. The molecule has 0 radical (unpaired) electrons. The van der Waals surface area contributed by atoms with Crippen molar-refractivity contribution in [3.05, 3.63) is 24.3 Å². The number of hydrogen-bond donors (Lipinski definition) is 0. The molecular formula is C20H29N3O3. The summed E-state index contributed by atoms with van der Waals surface area (Å²) in [7, 11) is 1.60. The zero-order valence-corrected chi connectivity index (χ0v) is 15.8. The van der Waals surface area contributed by atoms with Gasteiger partial charge >= 0.3 is 0 Å². The molecule has 1 aromatic carbocycles. The average Bonchev–Trinajstić information content (AvgIpc) is 3.20. The molecule has 6 nitrogen and oxygen atoms in total. The highest BCUT2D eigenvalue weighted by Gasteiger charge is 2.29. The van der Waals surface area contributed by atoms with Gasteiger partial charge in [0.15, 0.2) is 0 Å². The maximum Gasteiger partial charge on any atom is 0.246 e. The lowest BCUT2D eigenvalue weighted by Crippen LogP contribution is -2.52. The van der Waals surface area contributed by atoms with Gasteiger partial charge in [0.1, 0.15) is 12.3 Å². The van der Waals surface area contributed by atoms with Gasteiger partial charge in [0, 0.05) is 25.6 Å². The Morgan fingerprint density at radius 2 is 1.88 bits per heavy atom. The molecule has 0 N–H and O–H groups in total. The lowest BCUT2D eigenvalue weighted by molar-refractivity contribution is -0.137. The molecule has 0 aromatic heterocycles. The minimum absolute atomic E-state index is 0.0540. The topological polar surface area (TPSA) is 53.1 Å². The van der Waals surface area contributed by atoms with Crippen LogP contribution in [0.5, 0.6) is 5.75 Å². The summed E-state index contributed by atoms with van der Waals surface area (Å²) in [5.41, 5.74) is 0.773. The first-order valence-corrected chi connectivity index (χ1v) is 9.55. The number of rotatable bonds is 6. The number of amides is 2. The summed E-state index contributed by atoms with van der Waals surface area (Å²) >= 11 is 0. The maximum atomic E-state index is 12.6. The summed E-state index contributed by atoms with van der Waals surface area (Å²) in [5, 5.41) is 0. The van der Waals surface area contributed by atoms with Gasteiger partial charge in [-0.15, -0.1) is 0 Å². The fourth-order valence-electron chi connectivity index (χ4n) is 3.85. The zero-order chi connectivity index (χ0) is 18.5. The standard InChI is InChI=1S/C20H29N3O3/c1-16(21-11-5-6-12-21)9-10-19(24)22-13-14-23(20(25)15-22)17-7-3-4-8-18(17)26-2/h3-4,7-8,16H,5-6,9-15H2,1-2H3/t16-/m1/s1. The Balaban J connectivity index is 1.53.